The molecule has 0 fully saturated rings. The van der Waals surface area contributed by atoms with Crippen LogP contribution in [0.15, 0.2) is 97.1 Å². The molecule has 0 saturated heterocycles. The molecule has 1 unspecified atom stereocenters. The van der Waals surface area contributed by atoms with Gasteiger partial charge < -0.3 is 34.9 Å². The Morgan fingerprint density at radius 2 is 1.09 bits per heavy atom. The van der Waals surface area contributed by atoms with Crippen molar-refractivity contribution in [3.63, 3.8) is 0 Å². The molecule has 0 spiro atoms. The maximum Gasteiger partial charge on any atom is 6.00 e. The topological polar surface area (TPSA) is 60.0 Å². The number of benzene rings is 3. The molecule has 32 heavy (non-hydrogen) atoms. The van der Waals surface area contributed by atoms with E-state index < -0.39 is 19.0 Å². The van der Waals surface area contributed by atoms with Crippen molar-refractivity contribution < 1.29 is 30.5 Å². The molecule has 0 bridgehead atoms. The fourth-order valence-corrected chi connectivity index (χ4v) is 5.07. The third-order valence-electron chi connectivity index (χ3n) is 3.77. The normalized spacial score (nSPS) is 9.91. The molecule has 0 saturated carbocycles. The average Bonchev–Trinajstić information content (AvgIpc) is 3.44. The van der Waals surface area contributed by atoms with Gasteiger partial charge in [-0.25, -0.2) is 0 Å². The molecular formula is C26H22FeO3PS+. The summed E-state index contributed by atoms with van der Waals surface area (Å²) in [5, 5.41) is 4.31. The minimum atomic E-state index is -1.82. The summed E-state index contributed by atoms with van der Waals surface area (Å²) >= 11 is -1.82. The quantitative estimate of drug-likeness (QED) is 0.141. The van der Waals surface area contributed by atoms with E-state index >= 15 is 0 Å². The molecule has 0 amide bonds. The van der Waals surface area contributed by atoms with E-state index in [0.29, 0.717) is 0 Å². The van der Waals surface area contributed by atoms with Crippen molar-refractivity contribution in [3.8, 4) is 0 Å². The zero-order valence-electron chi connectivity index (χ0n) is 17.4. The van der Waals surface area contributed by atoms with Gasteiger partial charge in [0, 0.05) is 5.75 Å². The number of hydrogen-bond donors (Lipinski definition) is 0. The van der Waals surface area contributed by atoms with Crippen LogP contribution in [0.5, 0.6) is 0 Å². The maximum absolute atomic E-state index is 9.37. The fraction of sp³-hybridized carbons (Fsp3) is 0.0769. The molecule has 0 heterocycles. The zero-order valence-corrected chi connectivity index (χ0v) is 20.4. The first-order valence-corrected chi connectivity index (χ1v) is 12.1. The summed E-state index contributed by atoms with van der Waals surface area (Å²) in [5.41, 5.74) is 0. The van der Waals surface area contributed by atoms with Crippen molar-refractivity contribution in [3.05, 3.63) is 128 Å². The molecule has 0 aliphatic carbocycles. The van der Waals surface area contributed by atoms with E-state index in [1.165, 1.54) is 15.9 Å². The maximum atomic E-state index is 9.37. The summed E-state index contributed by atoms with van der Waals surface area (Å²) in [6.07, 6.45) is 0. The van der Waals surface area contributed by atoms with Crippen LogP contribution in [-0.4, -0.2) is 14.5 Å². The first-order chi connectivity index (χ1) is 15.2. The zero-order chi connectivity index (χ0) is 22.7. The van der Waals surface area contributed by atoms with Crippen molar-refractivity contribution in [2.75, 3.05) is 5.75 Å². The summed E-state index contributed by atoms with van der Waals surface area (Å²) < 4.78 is 26.2. The Hall–Kier alpha value is -2.19. The Labute approximate surface area is 205 Å². The predicted molar refractivity (Wildman–Crippen MR) is 127 cm³/mol. The van der Waals surface area contributed by atoms with Gasteiger partial charge in [-0.3, -0.25) is 4.21 Å². The van der Waals surface area contributed by atoms with E-state index in [9.17, 15) is 8.76 Å². The monoisotopic (exact) mass is 501 g/mol. The van der Waals surface area contributed by atoms with Crippen LogP contribution < -0.4 is 15.9 Å². The molecule has 162 valence electrons. The van der Waals surface area contributed by atoms with Gasteiger partial charge >= 0.3 is 28.4 Å². The summed E-state index contributed by atoms with van der Waals surface area (Å²) in [4.78, 5) is 0. The number of hydrogen-bond acceptors (Lipinski definition) is 2. The Bertz CT molecular complexity index is 852. The molecule has 4 rings (SSSR count). The SMILES string of the molecule is CCS(=O)[O-].[C-]#[O+].[Fe+6].[c-]1[c-][c-][cH-][c-]1.c1ccc([PH+](c2ccccc2)c2ccccc2)cc1. The largest absolute Gasteiger partial charge is 6.00 e. The molecule has 1 atom stereocenters. The smallest absolute Gasteiger partial charge is 0.999 e. The Kier molecular flexibility index (Phi) is 18.2. The van der Waals surface area contributed by atoms with Crippen LogP contribution in [0.25, 0.3) is 0 Å². The molecule has 4 aromatic carbocycles. The molecule has 4 aromatic rings. The molecule has 0 aliphatic heterocycles. The van der Waals surface area contributed by atoms with Gasteiger partial charge in [0.1, 0.15) is 15.9 Å². The standard InChI is InChI=1S/C18H15P.C5H.C2H6O2S.CO.Fe/c1-4-10-16(11-5-1)19(17-12-6-2-7-13-17)18-14-8-3-9-15-18;1-2-4-5-3-1;1-2-5(3)4;1-2;/h1-15H;1H;2H2,1H3,(H,3,4);;/q;-5;;;+6. The second-order valence-corrected chi connectivity index (χ2v) is 9.42. The van der Waals surface area contributed by atoms with Gasteiger partial charge in [-0.05, 0) is 36.4 Å². The van der Waals surface area contributed by atoms with Gasteiger partial charge in [-0.15, -0.1) is 0 Å². The third kappa shape index (κ3) is 12.0. The van der Waals surface area contributed by atoms with Gasteiger partial charge in [0.25, 0.3) is 0 Å². The molecule has 6 heteroatoms. The van der Waals surface area contributed by atoms with Crippen molar-refractivity contribution >= 4 is 34.9 Å². The van der Waals surface area contributed by atoms with Crippen LogP contribution in [-0.2, 0) is 32.8 Å². The van der Waals surface area contributed by atoms with Crippen LogP contribution in [0.3, 0.4) is 0 Å². The average molecular weight is 501 g/mol. The van der Waals surface area contributed by atoms with Gasteiger partial charge in [-0.1, -0.05) is 72.6 Å². The van der Waals surface area contributed by atoms with Gasteiger partial charge in [0.2, 0.25) is 0 Å². The first-order valence-electron chi connectivity index (χ1n) is 9.34. The van der Waals surface area contributed by atoms with Gasteiger partial charge in [0.05, 0.1) is 7.92 Å². The molecule has 0 N–H and O–H groups in total. The fourth-order valence-electron chi connectivity index (χ4n) is 2.49. The first kappa shape index (κ1) is 29.8. The summed E-state index contributed by atoms with van der Waals surface area (Å²) in [7, 11) is -0.877. The molecule has 3 nitrogen and oxygen atoms in total. The predicted octanol–water partition coefficient (Wildman–Crippen LogP) is 3.63. The third-order valence-corrected chi connectivity index (χ3v) is 6.98. The van der Waals surface area contributed by atoms with E-state index in [1.807, 2.05) is 0 Å². The summed E-state index contributed by atoms with van der Waals surface area (Å²) in [6, 6.07) is 44.5. The van der Waals surface area contributed by atoms with Crippen molar-refractivity contribution in [2.45, 2.75) is 6.92 Å². The van der Waals surface area contributed by atoms with Crippen LogP contribution in [0.1, 0.15) is 6.92 Å². The van der Waals surface area contributed by atoms with Crippen molar-refractivity contribution in [1.29, 1.82) is 0 Å². The van der Waals surface area contributed by atoms with E-state index in [4.69, 9.17) is 4.65 Å². The summed E-state index contributed by atoms with van der Waals surface area (Å²) in [6.45, 7) is 6.09. The minimum absolute atomic E-state index is 0. The second-order valence-electron chi connectivity index (χ2n) is 5.75. The number of rotatable bonds is 4. The van der Waals surface area contributed by atoms with E-state index in [1.54, 1.807) is 13.0 Å². The van der Waals surface area contributed by atoms with E-state index in [0.717, 1.165) is 0 Å². The van der Waals surface area contributed by atoms with Crippen LogP contribution in [0.2, 0.25) is 0 Å². The Balaban J connectivity index is 0.000000614. The molecule has 0 aromatic heterocycles. The molecule has 0 aliphatic rings. The van der Waals surface area contributed by atoms with E-state index in [2.05, 4.69) is 122 Å². The van der Waals surface area contributed by atoms with Crippen molar-refractivity contribution in [2.24, 2.45) is 0 Å². The minimum Gasteiger partial charge on any atom is -0.999 e. The van der Waals surface area contributed by atoms with E-state index in [-0.39, 0.29) is 22.8 Å². The second kappa shape index (κ2) is 19.5. The Morgan fingerprint density at radius 3 is 1.28 bits per heavy atom. The van der Waals surface area contributed by atoms with Crippen LogP contribution >= 0.6 is 7.92 Å². The Morgan fingerprint density at radius 1 is 0.812 bits per heavy atom. The summed E-state index contributed by atoms with van der Waals surface area (Å²) in [5.74, 6) is 0.222. The van der Waals surface area contributed by atoms with Gasteiger partial charge in [0.15, 0.2) is 0 Å². The van der Waals surface area contributed by atoms with Gasteiger partial charge in [-0.2, -0.15) is 0 Å². The van der Waals surface area contributed by atoms with Crippen molar-refractivity contribution in [1.82, 2.24) is 0 Å². The van der Waals surface area contributed by atoms with Crippen LogP contribution in [0.4, 0.5) is 0 Å². The van der Waals surface area contributed by atoms with Crippen LogP contribution in [0, 0.1) is 30.9 Å². The molecule has 0 radical (unpaired) electrons. The molecular weight excluding hydrogens is 479 g/mol.